The van der Waals surface area contributed by atoms with Crippen LogP contribution < -0.4 is 10.2 Å². The van der Waals surface area contributed by atoms with Gasteiger partial charge in [-0.05, 0) is 31.5 Å². The first-order valence-corrected chi connectivity index (χ1v) is 6.20. The number of rotatable bonds is 1. The van der Waals surface area contributed by atoms with Gasteiger partial charge in [-0.2, -0.15) is 0 Å². The van der Waals surface area contributed by atoms with Crippen LogP contribution in [0.15, 0.2) is 22.7 Å². The van der Waals surface area contributed by atoms with Crippen LogP contribution in [0, 0.1) is 6.92 Å². The van der Waals surface area contributed by atoms with Crippen LogP contribution in [-0.2, 0) is 0 Å². The molecular formula is C12H17BrN2. The predicted molar refractivity (Wildman–Crippen MR) is 68.6 cm³/mol. The van der Waals surface area contributed by atoms with E-state index in [1.54, 1.807) is 0 Å². The van der Waals surface area contributed by atoms with Crippen molar-refractivity contribution in [2.24, 2.45) is 0 Å². The molecular weight excluding hydrogens is 252 g/mol. The minimum atomic E-state index is 0.581. The van der Waals surface area contributed by atoms with Gasteiger partial charge in [-0.25, -0.2) is 0 Å². The maximum absolute atomic E-state index is 3.54. The zero-order chi connectivity index (χ0) is 10.8. The number of piperazine rings is 1. The van der Waals surface area contributed by atoms with Crippen molar-refractivity contribution < 1.29 is 0 Å². The number of anilines is 1. The lowest BCUT2D eigenvalue weighted by molar-refractivity contribution is 0.484. The molecule has 1 aliphatic rings. The zero-order valence-corrected chi connectivity index (χ0v) is 10.8. The molecule has 0 saturated carbocycles. The Hall–Kier alpha value is -0.540. The van der Waals surface area contributed by atoms with Gasteiger partial charge in [-0.1, -0.05) is 22.0 Å². The van der Waals surface area contributed by atoms with E-state index in [0.29, 0.717) is 6.04 Å². The van der Waals surface area contributed by atoms with Crippen LogP contribution in [0.1, 0.15) is 12.5 Å². The molecule has 1 N–H and O–H groups in total. The molecule has 0 aliphatic carbocycles. The molecule has 1 aromatic rings. The Kier molecular flexibility index (Phi) is 3.32. The lowest BCUT2D eigenvalue weighted by Crippen LogP contribution is -2.49. The first-order valence-electron chi connectivity index (χ1n) is 5.41. The zero-order valence-electron chi connectivity index (χ0n) is 9.26. The second-order valence-corrected chi connectivity index (χ2v) is 5.15. The van der Waals surface area contributed by atoms with Crippen LogP contribution in [-0.4, -0.2) is 25.7 Å². The molecule has 1 aliphatic heterocycles. The highest BCUT2D eigenvalue weighted by Gasteiger charge is 2.17. The lowest BCUT2D eigenvalue weighted by atomic mass is 10.1. The van der Waals surface area contributed by atoms with E-state index in [1.807, 2.05) is 0 Å². The maximum Gasteiger partial charge on any atom is 0.0408 e. The van der Waals surface area contributed by atoms with Gasteiger partial charge in [0.1, 0.15) is 0 Å². The summed E-state index contributed by atoms with van der Waals surface area (Å²) in [6.07, 6.45) is 0. The third kappa shape index (κ3) is 2.52. The van der Waals surface area contributed by atoms with Crippen LogP contribution in [0.2, 0.25) is 0 Å². The third-order valence-corrected chi connectivity index (χ3v) is 3.37. The number of nitrogens with zero attached hydrogens (tertiary/aromatic N) is 1. The van der Waals surface area contributed by atoms with Crippen molar-refractivity contribution in [3.05, 3.63) is 28.2 Å². The molecule has 2 nitrogen and oxygen atoms in total. The van der Waals surface area contributed by atoms with Gasteiger partial charge in [-0.15, -0.1) is 0 Å². The Labute approximate surface area is 99.8 Å². The van der Waals surface area contributed by atoms with Gasteiger partial charge >= 0.3 is 0 Å². The van der Waals surface area contributed by atoms with E-state index in [-0.39, 0.29) is 0 Å². The summed E-state index contributed by atoms with van der Waals surface area (Å²) in [4.78, 5) is 2.46. The summed E-state index contributed by atoms with van der Waals surface area (Å²) in [6.45, 7) is 7.68. The van der Waals surface area contributed by atoms with Gasteiger partial charge < -0.3 is 10.2 Å². The molecule has 1 unspecified atom stereocenters. The van der Waals surface area contributed by atoms with Gasteiger partial charge in [0.05, 0.1) is 0 Å². The fourth-order valence-electron chi connectivity index (χ4n) is 2.07. The average molecular weight is 269 g/mol. The van der Waals surface area contributed by atoms with E-state index >= 15 is 0 Å². The monoisotopic (exact) mass is 268 g/mol. The first kappa shape index (κ1) is 11.0. The average Bonchev–Trinajstić information content (AvgIpc) is 2.22. The summed E-state index contributed by atoms with van der Waals surface area (Å²) in [6, 6.07) is 7.07. The Balaban J connectivity index is 2.24. The summed E-state index contributed by atoms with van der Waals surface area (Å²) >= 11 is 3.54. The van der Waals surface area contributed by atoms with Crippen molar-refractivity contribution in [3.63, 3.8) is 0 Å². The maximum atomic E-state index is 3.54. The van der Waals surface area contributed by atoms with Crippen LogP contribution >= 0.6 is 15.9 Å². The molecule has 1 heterocycles. The highest BCUT2D eigenvalue weighted by molar-refractivity contribution is 9.10. The molecule has 82 valence electrons. The van der Waals surface area contributed by atoms with E-state index < -0.39 is 0 Å². The summed E-state index contributed by atoms with van der Waals surface area (Å²) in [7, 11) is 0. The molecule has 1 aromatic carbocycles. The highest BCUT2D eigenvalue weighted by Crippen LogP contribution is 2.25. The summed E-state index contributed by atoms with van der Waals surface area (Å²) < 4.78 is 1.16. The third-order valence-electron chi connectivity index (χ3n) is 2.88. The topological polar surface area (TPSA) is 15.3 Å². The molecule has 1 saturated heterocycles. The SMILES string of the molecule is Cc1ccc(Br)cc1N1CCNC(C)C1. The summed E-state index contributed by atoms with van der Waals surface area (Å²) in [5.41, 5.74) is 2.71. The fraction of sp³-hybridized carbons (Fsp3) is 0.500. The Morgan fingerprint density at radius 3 is 3.00 bits per heavy atom. The molecule has 15 heavy (non-hydrogen) atoms. The molecule has 0 spiro atoms. The van der Waals surface area contributed by atoms with E-state index in [4.69, 9.17) is 0 Å². The lowest BCUT2D eigenvalue weighted by Gasteiger charge is -2.34. The summed E-state index contributed by atoms with van der Waals surface area (Å²) in [5.74, 6) is 0. The van der Waals surface area contributed by atoms with Gasteiger partial charge in [0.15, 0.2) is 0 Å². The van der Waals surface area contributed by atoms with Gasteiger partial charge in [0.2, 0.25) is 0 Å². The van der Waals surface area contributed by atoms with Gasteiger partial charge in [0, 0.05) is 35.8 Å². The van der Waals surface area contributed by atoms with Crippen molar-refractivity contribution in [2.45, 2.75) is 19.9 Å². The minimum absolute atomic E-state index is 0.581. The molecule has 0 radical (unpaired) electrons. The smallest absolute Gasteiger partial charge is 0.0408 e. The van der Waals surface area contributed by atoms with Gasteiger partial charge in [0.25, 0.3) is 0 Å². The van der Waals surface area contributed by atoms with Crippen molar-refractivity contribution in [2.75, 3.05) is 24.5 Å². The number of hydrogen-bond donors (Lipinski definition) is 1. The minimum Gasteiger partial charge on any atom is -0.368 e. The van der Waals surface area contributed by atoms with Crippen molar-refractivity contribution in [1.29, 1.82) is 0 Å². The number of hydrogen-bond acceptors (Lipinski definition) is 2. The summed E-state index contributed by atoms with van der Waals surface area (Å²) in [5, 5.41) is 3.46. The second-order valence-electron chi connectivity index (χ2n) is 4.23. The number of aryl methyl sites for hydroxylation is 1. The predicted octanol–water partition coefficient (Wildman–Crippen LogP) is 2.56. The molecule has 1 atom stereocenters. The molecule has 1 fully saturated rings. The quantitative estimate of drug-likeness (QED) is 0.843. The van der Waals surface area contributed by atoms with Crippen LogP contribution in [0.25, 0.3) is 0 Å². The number of benzene rings is 1. The fourth-order valence-corrected chi connectivity index (χ4v) is 2.42. The Bertz CT molecular complexity index is 351. The standard InChI is InChI=1S/C12H17BrN2/c1-9-3-4-11(13)7-12(9)15-6-5-14-10(2)8-15/h3-4,7,10,14H,5-6,8H2,1-2H3. The Morgan fingerprint density at radius 1 is 1.47 bits per heavy atom. The second kappa shape index (κ2) is 4.54. The van der Waals surface area contributed by atoms with Crippen molar-refractivity contribution >= 4 is 21.6 Å². The Morgan fingerprint density at radius 2 is 2.27 bits per heavy atom. The van der Waals surface area contributed by atoms with E-state index in [0.717, 1.165) is 24.1 Å². The first-order chi connectivity index (χ1) is 7.16. The molecule has 0 amide bonds. The molecule has 0 bridgehead atoms. The van der Waals surface area contributed by atoms with Gasteiger partial charge in [-0.3, -0.25) is 0 Å². The normalized spacial score (nSPS) is 21.8. The van der Waals surface area contributed by atoms with E-state index in [2.05, 4.69) is 58.2 Å². The number of halogens is 1. The molecule has 2 rings (SSSR count). The van der Waals surface area contributed by atoms with Crippen LogP contribution in [0.5, 0.6) is 0 Å². The van der Waals surface area contributed by atoms with Crippen LogP contribution in [0.4, 0.5) is 5.69 Å². The highest BCUT2D eigenvalue weighted by atomic mass is 79.9. The van der Waals surface area contributed by atoms with Crippen molar-refractivity contribution in [3.8, 4) is 0 Å². The van der Waals surface area contributed by atoms with E-state index in [9.17, 15) is 0 Å². The van der Waals surface area contributed by atoms with Crippen LogP contribution in [0.3, 0.4) is 0 Å². The van der Waals surface area contributed by atoms with E-state index in [1.165, 1.54) is 11.3 Å². The number of nitrogens with one attached hydrogen (secondary N) is 1. The molecule has 0 aromatic heterocycles. The van der Waals surface area contributed by atoms with Crippen molar-refractivity contribution in [1.82, 2.24) is 5.32 Å². The largest absolute Gasteiger partial charge is 0.368 e. The molecule has 3 heteroatoms.